The molecule has 4 nitrogen and oxygen atoms in total. The van der Waals surface area contributed by atoms with E-state index in [0.29, 0.717) is 19.8 Å². The quantitative estimate of drug-likeness (QED) is 0.527. The van der Waals surface area contributed by atoms with Crippen LogP contribution in [0.25, 0.3) is 0 Å². The maximum absolute atomic E-state index is 10.7. The van der Waals surface area contributed by atoms with Crippen LogP contribution in [-0.4, -0.2) is 31.1 Å². The summed E-state index contributed by atoms with van der Waals surface area (Å²) in [5.41, 5.74) is 0. The lowest BCUT2D eigenvalue weighted by Gasteiger charge is -2.04. The zero-order chi connectivity index (χ0) is 13.4. The third kappa shape index (κ3) is 21.1. The molecule has 0 aliphatic rings. The normalized spacial score (nSPS) is 9.18. The van der Waals surface area contributed by atoms with Crippen LogP contribution in [0.4, 0.5) is 4.79 Å². The van der Waals surface area contributed by atoms with Gasteiger partial charge in [0.1, 0.15) is 0 Å². The Balaban J connectivity index is 0. The van der Waals surface area contributed by atoms with Gasteiger partial charge in [-0.15, -0.1) is 0 Å². The summed E-state index contributed by atoms with van der Waals surface area (Å²) in [6.45, 7) is 7.44. The Morgan fingerprint density at radius 3 is 1.53 bits per heavy atom. The Labute approximate surface area is 105 Å². The zero-order valence-electron chi connectivity index (χ0n) is 11.5. The van der Waals surface area contributed by atoms with Crippen molar-refractivity contribution in [1.29, 1.82) is 0 Å². The molecule has 0 spiro atoms. The van der Waals surface area contributed by atoms with Gasteiger partial charge in [0, 0.05) is 6.61 Å². The topological polar surface area (TPSA) is 55.8 Å². The van der Waals surface area contributed by atoms with Crippen LogP contribution in [0.1, 0.15) is 59.3 Å². The van der Waals surface area contributed by atoms with Gasteiger partial charge in [-0.2, -0.15) is 0 Å². The fraction of sp³-hybridized carbons (Fsp3) is 0.923. The number of rotatable bonds is 8. The first-order valence-electron chi connectivity index (χ1n) is 6.63. The van der Waals surface area contributed by atoms with E-state index in [-0.39, 0.29) is 0 Å². The molecule has 1 N–H and O–H groups in total. The van der Waals surface area contributed by atoms with Gasteiger partial charge in [-0.25, -0.2) is 4.79 Å². The van der Waals surface area contributed by atoms with Gasteiger partial charge in [0.2, 0.25) is 0 Å². The molecule has 0 saturated heterocycles. The van der Waals surface area contributed by atoms with E-state index < -0.39 is 6.16 Å². The van der Waals surface area contributed by atoms with Crippen LogP contribution < -0.4 is 0 Å². The molecule has 17 heavy (non-hydrogen) atoms. The van der Waals surface area contributed by atoms with Crippen molar-refractivity contribution < 1.29 is 19.4 Å². The van der Waals surface area contributed by atoms with Crippen molar-refractivity contribution in [3.8, 4) is 0 Å². The van der Waals surface area contributed by atoms with E-state index in [1.165, 1.54) is 0 Å². The highest BCUT2D eigenvalue weighted by molar-refractivity contribution is 5.59. The molecule has 0 aromatic rings. The summed E-state index contributed by atoms with van der Waals surface area (Å²) in [6, 6.07) is 0. The molecule has 0 aliphatic heterocycles. The van der Waals surface area contributed by atoms with E-state index in [0.717, 1.165) is 38.5 Å². The summed E-state index contributed by atoms with van der Waals surface area (Å²) in [6.07, 6.45) is 5.38. The minimum Gasteiger partial charge on any atom is -0.434 e. The Kier molecular flexibility index (Phi) is 19.3. The molecular formula is C13H28O4. The summed E-state index contributed by atoms with van der Waals surface area (Å²) in [5, 5.41) is 8.07. The molecular weight excluding hydrogens is 220 g/mol. The minimum absolute atomic E-state index is 0.344. The fourth-order valence-corrected chi connectivity index (χ4v) is 0.799. The number of hydrogen-bond acceptors (Lipinski definition) is 4. The second kappa shape index (κ2) is 17.6. The number of aliphatic hydroxyl groups excluding tert-OH is 1. The number of hydrogen-bond donors (Lipinski definition) is 1. The highest BCUT2D eigenvalue weighted by atomic mass is 16.7. The van der Waals surface area contributed by atoms with E-state index in [9.17, 15) is 4.79 Å². The maximum atomic E-state index is 10.7. The number of aliphatic hydroxyl groups is 1. The molecule has 0 aromatic heterocycles. The van der Waals surface area contributed by atoms with Gasteiger partial charge in [0.25, 0.3) is 0 Å². The fourth-order valence-electron chi connectivity index (χ4n) is 0.799. The molecule has 0 aliphatic carbocycles. The number of ether oxygens (including phenoxy) is 2. The van der Waals surface area contributed by atoms with E-state index in [2.05, 4.69) is 6.92 Å². The van der Waals surface area contributed by atoms with Crippen molar-refractivity contribution in [2.45, 2.75) is 59.3 Å². The molecule has 0 saturated carbocycles. The van der Waals surface area contributed by atoms with E-state index in [1.54, 1.807) is 0 Å². The number of carbonyl (C=O) groups excluding carboxylic acids is 1. The number of unbranched alkanes of at least 4 members (excludes halogenated alkanes) is 3. The molecule has 0 atom stereocenters. The first-order valence-corrected chi connectivity index (χ1v) is 6.63. The van der Waals surface area contributed by atoms with Crippen LogP contribution >= 0.6 is 0 Å². The van der Waals surface area contributed by atoms with Crippen molar-refractivity contribution >= 4 is 6.16 Å². The molecule has 4 heteroatoms. The largest absolute Gasteiger partial charge is 0.508 e. The highest BCUT2D eigenvalue weighted by Gasteiger charge is 2.00. The second-order valence-corrected chi connectivity index (χ2v) is 3.73. The lowest BCUT2D eigenvalue weighted by molar-refractivity contribution is 0.0536. The van der Waals surface area contributed by atoms with Gasteiger partial charge in [0.15, 0.2) is 0 Å². The second-order valence-electron chi connectivity index (χ2n) is 3.73. The first-order chi connectivity index (χ1) is 8.22. The van der Waals surface area contributed by atoms with Crippen LogP contribution in [-0.2, 0) is 9.47 Å². The monoisotopic (exact) mass is 248 g/mol. The van der Waals surface area contributed by atoms with Crippen molar-refractivity contribution in [1.82, 2.24) is 0 Å². The third-order valence-corrected chi connectivity index (χ3v) is 1.95. The van der Waals surface area contributed by atoms with Gasteiger partial charge in [-0.3, -0.25) is 0 Å². The zero-order valence-corrected chi connectivity index (χ0v) is 11.5. The summed E-state index contributed by atoms with van der Waals surface area (Å²) in [5.74, 6) is 0. The molecule has 104 valence electrons. The highest BCUT2D eigenvalue weighted by Crippen LogP contribution is 1.93. The van der Waals surface area contributed by atoms with Gasteiger partial charge >= 0.3 is 6.16 Å². The summed E-state index contributed by atoms with van der Waals surface area (Å²) >= 11 is 0. The van der Waals surface area contributed by atoms with Crippen LogP contribution in [0.2, 0.25) is 0 Å². The minimum atomic E-state index is -0.531. The average molecular weight is 248 g/mol. The van der Waals surface area contributed by atoms with Crippen LogP contribution in [0.3, 0.4) is 0 Å². The lowest BCUT2D eigenvalue weighted by atomic mass is 10.4. The Bertz CT molecular complexity index is 134. The van der Waals surface area contributed by atoms with Gasteiger partial charge in [0.05, 0.1) is 13.2 Å². The number of carbonyl (C=O) groups is 1. The van der Waals surface area contributed by atoms with Gasteiger partial charge in [-0.1, -0.05) is 40.0 Å². The lowest BCUT2D eigenvalue weighted by Crippen LogP contribution is -2.09. The maximum Gasteiger partial charge on any atom is 0.508 e. The molecule has 0 bridgehead atoms. The first kappa shape index (κ1) is 18.6. The van der Waals surface area contributed by atoms with E-state index >= 15 is 0 Å². The summed E-state index contributed by atoms with van der Waals surface area (Å²) in [7, 11) is 0. The van der Waals surface area contributed by atoms with Crippen molar-refractivity contribution in [3.63, 3.8) is 0 Å². The van der Waals surface area contributed by atoms with Crippen LogP contribution in [0, 0.1) is 0 Å². The van der Waals surface area contributed by atoms with Gasteiger partial charge < -0.3 is 14.6 Å². The molecule has 0 rings (SSSR count). The standard InChI is InChI=1S/C9H18O3.C4H10O/c1-3-5-7-11-9(10)12-8-6-4-2;1-2-3-4-5/h3-8H2,1-2H3;5H,2-4H2,1H3. The SMILES string of the molecule is CCCCO.CCCCOC(=O)OCCCC. The van der Waals surface area contributed by atoms with Crippen molar-refractivity contribution in [2.75, 3.05) is 19.8 Å². The van der Waals surface area contributed by atoms with E-state index in [1.807, 2.05) is 13.8 Å². The Morgan fingerprint density at radius 1 is 0.882 bits per heavy atom. The Morgan fingerprint density at radius 2 is 1.29 bits per heavy atom. The summed E-state index contributed by atoms with van der Waals surface area (Å²) < 4.78 is 9.54. The van der Waals surface area contributed by atoms with Crippen molar-refractivity contribution in [3.05, 3.63) is 0 Å². The molecule has 0 heterocycles. The van der Waals surface area contributed by atoms with E-state index in [4.69, 9.17) is 14.6 Å². The predicted molar refractivity (Wildman–Crippen MR) is 69.1 cm³/mol. The smallest absolute Gasteiger partial charge is 0.434 e. The Hall–Kier alpha value is -0.770. The van der Waals surface area contributed by atoms with Gasteiger partial charge in [-0.05, 0) is 19.3 Å². The molecule has 0 aromatic carbocycles. The predicted octanol–water partition coefficient (Wildman–Crippen LogP) is 3.52. The summed E-state index contributed by atoms with van der Waals surface area (Å²) in [4.78, 5) is 10.7. The molecule has 0 amide bonds. The molecule has 0 unspecified atom stereocenters. The average Bonchev–Trinajstić information content (AvgIpc) is 2.32. The van der Waals surface area contributed by atoms with Crippen LogP contribution in [0.5, 0.6) is 0 Å². The molecule has 0 fully saturated rings. The third-order valence-electron chi connectivity index (χ3n) is 1.95. The van der Waals surface area contributed by atoms with Crippen LogP contribution in [0.15, 0.2) is 0 Å². The van der Waals surface area contributed by atoms with Crippen molar-refractivity contribution in [2.24, 2.45) is 0 Å². The molecule has 0 radical (unpaired) electrons.